The predicted octanol–water partition coefficient (Wildman–Crippen LogP) is 2.79. The fourth-order valence-electron chi connectivity index (χ4n) is 2.41. The lowest BCUT2D eigenvalue weighted by atomic mass is 9.96. The normalized spacial score (nSPS) is 16.4. The zero-order valence-electron chi connectivity index (χ0n) is 10.9. The van der Waals surface area contributed by atoms with E-state index >= 15 is 0 Å². The number of carbonyl (C=O) groups excluding carboxylic acids is 1. The van der Waals surface area contributed by atoms with Crippen LogP contribution < -0.4 is 5.73 Å². The van der Waals surface area contributed by atoms with Crippen molar-refractivity contribution in [3.63, 3.8) is 0 Å². The molecule has 3 nitrogen and oxygen atoms in total. The van der Waals surface area contributed by atoms with Crippen LogP contribution in [0, 0.1) is 12.8 Å². The van der Waals surface area contributed by atoms with Crippen LogP contribution in [0.15, 0.2) is 18.2 Å². The van der Waals surface area contributed by atoms with E-state index in [-0.39, 0.29) is 11.8 Å². The van der Waals surface area contributed by atoms with Gasteiger partial charge in [-0.25, -0.2) is 0 Å². The largest absolute Gasteiger partial charge is 0.393 e. The summed E-state index contributed by atoms with van der Waals surface area (Å²) in [6.45, 7) is 3.33. The van der Waals surface area contributed by atoms with Gasteiger partial charge in [-0.1, -0.05) is 23.8 Å². The maximum atomic E-state index is 12.4. The number of carbonyl (C=O) groups is 1. The van der Waals surface area contributed by atoms with Gasteiger partial charge >= 0.3 is 0 Å². The Morgan fingerprint density at radius 1 is 1.37 bits per heavy atom. The number of hydrogen-bond donors (Lipinski definition) is 1. The fourth-order valence-corrected chi connectivity index (χ4v) is 2.93. The number of halogens is 1. The summed E-state index contributed by atoms with van der Waals surface area (Å²) in [6.07, 6.45) is 1.70. The lowest BCUT2D eigenvalue weighted by Gasteiger charge is -2.31. The smallest absolute Gasteiger partial charge is 0.253 e. The summed E-state index contributed by atoms with van der Waals surface area (Å²) in [5.74, 6) is 0.298. The number of amides is 1. The summed E-state index contributed by atoms with van der Waals surface area (Å²) in [5.41, 5.74) is 7.30. The first-order valence-corrected chi connectivity index (χ1v) is 7.12. The van der Waals surface area contributed by atoms with Crippen molar-refractivity contribution in [2.24, 2.45) is 11.7 Å². The molecule has 2 rings (SSSR count). The summed E-state index contributed by atoms with van der Waals surface area (Å²) in [6, 6.07) is 5.43. The maximum Gasteiger partial charge on any atom is 0.253 e. The van der Waals surface area contributed by atoms with E-state index in [2.05, 4.69) is 0 Å². The molecule has 0 bridgehead atoms. The molecule has 0 atom stereocenters. The van der Waals surface area contributed by atoms with E-state index in [4.69, 9.17) is 29.6 Å². The molecular formula is C14H17ClN2OS. The molecule has 1 aliphatic heterocycles. The average molecular weight is 297 g/mol. The average Bonchev–Trinajstić information content (AvgIpc) is 2.37. The number of benzene rings is 1. The number of likely N-dealkylation sites (tertiary alicyclic amines) is 1. The summed E-state index contributed by atoms with van der Waals surface area (Å²) in [4.78, 5) is 14.8. The Morgan fingerprint density at radius 3 is 2.53 bits per heavy atom. The summed E-state index contributed by atoms with van der Waals surface area (Å²) in [5, 5.41) is 0.598. The summed E-state index contributed by atoms with van der Waals surface area (Å²) < 4.78 is 0. The van der Waals surface area contributed by atoms with Gasteiger partial charge in [0.2, 0.25) is 0 Å². The second kappa shape index (κ2) is 5.88. The fraction of sp³-hybridized carbons (Fsp3) is 0.429. The van der Waals surface area contributed by atoms with E-state index < -0.39 is 0 Å². The van der Waals surface area contributed by atoms with E-state index in [9.17, 15) is 4.79 Å². The van der Waals surface area contributed by atoms with Crippen molar-refractivity contribution < 1.29 is 4.79 Å². The lowest BCUT2D eigenvalue weighted by Crippen LogP contribution is -2.41. The highest BCUT2D eigenvalue weighted by Crippen LogP contribution is 2.21. The van der Waals surface area contributed by atoms with E-state index in [1.807, 2.05) is 24.0 Å². The van der Waals surface area contributed by atoms with E-state index in [1.165, 1.54) is 0 Å². The highest BCUT2D eigenvalue weighted by atomic mass is 35.5. The van der Waals surface area contributed by atoms with Crippen LogP contribution >= 0.6 is 23.8 Å². The lowest BCUT2D eigenvalue weighted by molar-refractivity contribution is 0.0710. The highest BCUT2D eigenvalue weighted by molar-refractivity contribution is 7.80. The second-order valence-corrected chi connectivity index (χ2v) is 5.89. The molecule has 1 heterocycles. The molecule has 1 saturated heterocycles. The van der Waals surface area contributed by atoms with Crippen LogP contribution in [0.3, 0.4) is 0 Å². The zero-order valence-corrected chi connectivity index (χ0v) is 12.4. The number of nitrogens with two attached hydrogens (primary N) is 1. The molecule has 0 saturated carbocycles. The Hall–Kier alpha value is -1.13. The Labute approximate surface area is 123 Å². The standard InChI is InChI=1S/C14H17ClN2OS/c1-9-6-11(8-12(15)7-9)14(18)17-4-2-10(3-5-17)13(16)19/h6-8,10H,2-5H2,1H3,(H2,16,19). The van der Waals surface area contributed by atoms with Crippen molar-refractivity contribution in [2.75, 3.05) is 13.1 Å². The molecule has 1 aliphatic rings. The third-order valence-corrected chi connectivity index (χ3v) is 4.03. The minimum atomic E-state index is 0.0342. The Balaban J connectivity index is 2.07. The van der Waals surface area contributed by atoms with Crippen molar-refractivity contribution in [2.45, 2.75) is 19.8 Å². The number of piperidine rings is 1. The molecule has 0 aliphatic carbocycles. The van der Waals surface area contributed by atoms with Crippen molar-refractivity contribution >= 4 is 34.7 Å². The highest BCUT2D eigenvalue weighted by Gasteiger charge is 2.25. The third kappa shape index (κ3) is 3.45. The molecule has 1 fully saturated rings. The molecule has 0 unspecified atom stereocenters. The molecule has 102 valence electrons. The van der Waals surface area contributed by atoms with Crippen LogP contribution in [0.5, 0.6) is 0 Å². The van der Waals surface area contributed by atoms with Crippen LogP contribution in [0.2, 0.25) is 5.02 Å². The number of thiocarbonyl (C=S) groups is 1. The molecule has 5 heteroatoms. The number of hydrogen-bond acceptors (Lipinski definition) is 2. The van der Waals surface area contributed by atoms with Gasteiger partial charge in [-0.05, 0) is 43.5 Å². The van der Waals surface area contributed by atoms with Crippen molar-refractivity contribution in [1.29, 1.82) is 0 Å². The van der Waals surface area contributed by atoms with Gasteiger partial charge in [-0.15, -0.1) is 0 Å². The minimum Gasteiger partial charge on any atom is -0.393 e. The van der Waals surface area contributed by atoms with Gasteiger partial charge < -0.3 is 10.6 Å². The SMILES string of the molecule is Cc1cc(Cl)cc(C(=O)N2CCC(C(N)=S)CC2)c1. The Morgan fingerprint density at radius 2 is 2.00 bits per heavy atom. The van der Waals surface area contributed by atoms with Crippen molar-refractivity contribution in [1.82, 2.24) is 4.90 Å². The second-order valence-electron chi connectivity index (χ2n) is 4.99. The summed E-state index contributed by atoms with van der Waals surface area (Å²) >= 11 is 11.0. The molecule has 1 aromatic carbocycles. The molecule has 0 radical (unpaired) electrons. The number of rotatable bonds is 2. The molecule has 1 aromatic rings. The molecule has 0 aromatic heterocycles. The van der Waals surface area contributed by atoms with Gasteiger partial charge in [0.15, 0.2) is 0 Å². The van der Waals surface area contributed by atoms with Gasteiger partial charge in [0.25, 0.3) is 5.91 Å². The monoisotopic (exact) mass is 296 g/mol. The van der Waals surface area contributed by atoms with E-state index in [0.29, 0.717) is 28.7 Å². The molecule has 2 N–H and O–H groups in total. The van der Waals surface area contributed by atoms with E-state index in [0.717, 1.165) is 18.4 Å². The van der Waals surface area contributed by atoms with E-state index in [1.54, 1.807) is 6.07 Å². The van der Waals surface area contributed by atoms with Crippen LogP contribution in [-0.2, 0) is 0 Å². The zero-order chi connectivity index (χ0) is 14.0. The maximum absolute atomic E-state index is 12.4. The molecular weight excluding hydrogens is 280 g/mol. The first kappa shape index (κ1) is 14.3. The Bertz CT molecular complexity index is 490. The molecule has 19 heavy (non-hydrogen) atoms. The van der Waals surface area contributed by atoms with Crippen molar-refractivity contribution in [3.05, 3.63) is 34.3 Å². The van der Waals surface area contributed by atoms with Gasteiger partial charge in [0.05, 0.1) is 4.99 Å². The van der Waals surface area contributed by atoms with Crippen LogP contribution in [0.1, 0.15) is 28.8 Å². The van der Waals surface area contributed by atoms with Crippen molar-refractivity contribution in [3.8, 4) is 0 Å². The van der Waals surface area contributed by atoms with Gasteiger partial charge in [-0.2, -0.15) is 0 Å². The van der Waals surface area contributed by atoms with Crippen LogP contribution in [0.4, 0.5) is 0 Å². The minimum absolute atomic E-state index is 0.0342. The van der Waals surface area contributed by atoms with Crippen LogP contribution in [0.25, 0.3) is 0 Å². The molecule has 0 spiro atoms. The third-order valence-electron chi connectivity index (χ3n) is 3.47. The van der Waals surface area contributed by atoms with Gasteiger partial charge in [0, 0.05) is 29.6 Å². The summed E-state index contributed by atoms with van der Waals surface area (Å²) in [7, 11) is 0. The van der Waals surface area contributed by atoms with Crippen LogP contribution in [-0.4, -0.2) is 28.9 Å². The quantitative estimate of drug-likeness (QED) is 0.854. The van der Waals surface area contributed by atoms with Gasteiger partial charge in [0.1, 0.15) is 0 Å². The topological polar surface area (TPSA) is 46.3 Å². The predicted molar refractivity (Wildman–Crippen MR) is 81.6 cm³/mol. The number of aryl methyl sites for hydroxylation is 1. The number of nitrogens with zero attached hydrogens (tertiary/aromatic N) is 1. The first-order chi connectivity index (χ1) is 8.97. The Kier molecular flexibility index (Phi) is 4.42. The van der Waals surface area contributed by atoms with Gasteiger partial charge in [-0.3, -0.25) is 4.79 Å². The first-order valence-electron chi connectivity index (χ1n) is 6.33. The molecule has 1 amide bonds.